The average molecular weight is 221 g/mol. The summed E-state index contributed by atoms with van der Waals surface area (Å²) < 4.78 is 0. The van der Waals surface area contributed by atoms with Crippen LogP contribution in [-0.4, -0.2) is 21.2 Å². The highest BCUT2D eigenvalue weighted by atomic mass is 32.1. The maximum atomic E-state index is 10.6. The number of aromatic hydroxyl groups is 1. The second-order valence-electron chi connectivity index (χ2n) is 2.89. The number of rotatable bonds is 2. The van der Waals surface area contributed by atoms with Gasteiger partial charge in [0, 0.05) is 10.9 Å². The summed E-state index contributed by atoms with van der Waals surface area (Å²) in [6, 6.07) is 6.55. The van der Waals surface area contributed by atoms with Crippen molar-refractivity contribution in [3.8, 4) is 16.3 Å². The van der Waals surface area contributed by atoms with Gasteiger partial charge in [-0.2, -0.15) is 0 Å². The van der Waals surface area contributed by atoms with Crippen LogP contribution in [0.15, 0.2) is 29.6 Å². The van der Waals surface area contributed by atoms with Gasteiger partial charge in [0.25, 0.3) is 0 Å². The van der Waals surface area contributed by atoms with Crippen LogP contribution in [0, 0.1) is 0 Å². The Balaban J connectivity index is 2.41. The molecule has 0 aliphatic carbocycles. The number of hydrogen-bond acceptors (Lipinski definition) is 4. The summed E-state index contributed by atoms with van der Waals surface area (Å²) in [6.07, 6.45) is 0. The molecule has 4 nitrogen and oxygen atoms in total. The van der Waals surface area contributed by atoms with Gasteiger partial charge < -0.3 is 10.2 Å². The number of hydrogen-bond donors (Lipinski definition) is 2. The van der Waals surface area contributed by atoms with E-state index in [4.69, 9.17) is 5.11 Å². The molecule has 0 unspecified atom stereocenters. The number of carboxylic acid groups (broad SMARTS) is 1. The molecule has 76 valence electrons. The molecule has 0 aliphatic heterocycles. The fourth-order valence-electron chi connectivity index (χ4n) is 1.14. The van der Waals surface area contributed by atoms with E-state index < -0.39 is 5.97 Å². The first-order valence-corrected chi connectivity index (χ1v) is 5.03. The van der Waals surface area contributed by atoms with Gasteiger partial charge in [-0.1, -0.05) is 12.1 Å². The Kier molecular flexibility index (Phi) is 2.39. The quantitative estimate of drug-likeness (QED) is 0.815. The van der Waals surface area contributed by atoms with Crippen LogP contribution < -0.4 is 0 Å². The maximum absolute atomic E-state index is 10.6. The van der Waals surface area contributed by atoms with Crippen molar-refractivity contribution >= 4 is 17.3 Å². The Bertz CT molecular complexity index is 507. The Morgan fingerprint density at radius 1 is 1.40 bits per heavy atom. The minimum atomic E-state index is -1.04. The fourth-order valence-corrected chi connectivity index (χ4v) is 1.93. The molecule has 0 bridgehead atoms. The summed E-state index contributed by atoms with van der Waals surface area (Å²) in [6.45, 7) is 0. The Labute approximate surface area is 89.5 Å². The minimum Gasteiger partial charge on any atom is -0.508 e. The van der Waals surface area contributed by atoms with Crippen LogP contribution in [0.2, 0.25) is 0 Å². The standard InChI is InChI=1S/C10H7NO3S/c12-7-3-1-2-6(4-7)9-11-8(5-15-9)10(13)14/h1-5,12H,(H,13,14). The van der Waals surface area contributed by atoms with E-state index in [1.54, 1.807) is 24.3 Å². The summed E-state index contributed by atoms with van der Waals surface area (Å²) in [5.41, 5.74) is 0.742. The highest BCUT2D eigenvalue weighted by molar-refractivity contribution is 7.13. The van der Waals surface area contributed by atoms with Crippen LogP contribution in [0.25, 0.3) is 10.6 Å². The first-order valence-electron chi connectivity index (χ1n) is 4.15. The van der Waals surface area contributed by atoms with Crippen molar-refractivity contribution in [2.75, 3.05) is 0 Å². The molecule has 15 heavy (non-hydrogen) atoms. The van der Waals surface area contributed by atoms with Crippen molar-refractivity contribution < 1.29 is 15.0 Å². The number of carbonyl (C=O) groups is 1. The molecule has 0 atom stereocenters. The lowest BCUT2D eigenvalue weighted by atomic mass is 10.2. The third kappa shape index (κ3) is 1.97. The minimum absolute atomic E-state index is 0.0262. The average Bonchev–Trinajstić information content (AvgIpc) is 2.66. The van der Waals surface area contributed by atoms with Gasteiger partial charge >= 0.3 is 5.97 Å². The summed E-state index contributed by atoms with van der Waals surface area (Å²) in [4.78, 5) is 14.5. The smallest absolute Gasteiger partial charge is 0.355 e. The van der Waals surface area contributed by atoms with E-state index in [0.717, 1.165) is 0 Å². The van der Waals surface area contributed by atoms with E-state index in [-0.39, 0.29) is 11.4 Å². The van der Waals surface area contributed by atoms with E-state index in [0.29, 0.717) is 10.6 Å². The van der Waals surface area contributed by atoms with E-state index in [9.17, 15) is 9.90 Å². The molecule has 1 heterocycles. The normalized spacial score (nSPS) is 10.1. The largest absolute Gasteiger partial charge is 0.508 e. The van der Waals surface area contributed by atoms with Crippen molar-refractivity contribution in [1.82, 2.24) is 4.98 Å². The molecule has 0 saturated carbocycles. The Hall–Kier alpha value is -1.88. The summed E-state index contributed by atoms with van der Waals surface area (Å²) in [5.74, 6) is -0.905. The molecule has 2 rings (SSSR count). The molecule has 5 heteroatoms. The SMILES string of the molecule is O=C(O)c1csc(-c2cccc(O)c2)n1. The van der Waals surface area contributed by atoms with Gasteiger partial charge in [-0.05, 0) is 12.1 Å². The van der Waals surface area contributed by atoms with Crippen molar-refractivity contribution in [3.63, 3.8) is 0 Å². The second kappa shape index (κ2) is 3.70. The number of carboxylic acids is 1. The highest BCUT2D eigenvalue weighted by Gasteiger charge is 2.09. The summed E-state index contributed by atoms with van der Waals surface area (Å²) >= 11 is 1.24. The zero-order chi connectivity index (χ0) is 10.8. The number of phenols is 1. The van der Waals surface area contributed by atoms with Crippen molar-refractivity contribution in [3.05, 3.63) is 35.3 Å². The zero-order valence-electron chi connectivity index (χ0n) is 7.54. The number of aromatic nitrogens is 1. The van der Waals surface area contributed by atoms with Crippen molar-refractivity contribution in [2.45, 2.75) is 0 Å². The molecule has 2 N–H and O–H groups in total. The number of thiazole rings is 1. The Morgan fingerprint density at radius 3 is 2.80 bits per heavy atom. The molecule has 0 amide bonds. The maximum Gasteiger partial charge on any atom is 0.355 e. The van der Waals surface area contributed by atoms with Gasteiger partial charge in [-0.15, -0.1) is 11.3 Å². The van der Waals surface area contributed by atoms with Gasteiger partial charge in [0.2, 0.25) is 0 Å². The topological polar surface area (TPSA) is 70.4 Å². The molecular weight excluding hydrogens is 214 g/mol. The Morgan fingerprint density at radius 2 is 2.20 bits per heavy atom. The van der Waals surface area contributed by atoms with Crippen LogP contribution in [0.5, 0.6) is 5.75 Å². The van der Waals surface area contributed by atoms with Crippen LogP contribution >= 0.6 is 11.3 Å². The molecule has 0 saturated heterocycles. The van der Waals surface area contributed by atoms with E-state index in [1.165, 1.54) is 16.7 Å². The number of nitrogens with zero attached hydrogens (tertiary/aromatic N) is 1. The third-order valence-corrected chi connectivity index (χ3v) is 2.71. The van der Waals surface area contributed by atoms with Crippen LogP contribution in [0.1, 0.15) is 10.5 Å². The van der Waals surface area contributed by atoms with Crippen LogP contribution in [-0.2, 0) is 0 Å². The lowest BCUT2D eigenvalue weighted by molar-refractivity contribution is 0.0691. The van der Waals surface area contributed by atoms with Gasteiger partial charge in [0.15, 0.2) is 5.69 Å². The highest BCUT2D eigenvalue weighted by Crippen LogP contribution is 2.26. The van der Waals surface area contributed by atoms with Crippen molar-refractivity contribution in [1.29, 1.82) is 0 Å². The fraction of sp³-hybridized carbons (Fsp3) is 0. The molecule has 0 spiro atoms. The molecule has 0 fully saturated rings. The molecule has 2 aromatic rings. The summed E-state index contributed by atoms with van der Waals surface area (Å²) in [7, 11) is 0. The van der Waals surface area contributed by atoms with Gasteiger partial charge in [0.05, 0.1) is 0 Å². The van der Waals surface area contributed by atoms with E-state index in [2.05, 4.69) is 4.98 Å². The monoisotopic (exact) mass is 221 g/mol. The predicted molar refractivity (Wildman–Crippen MR) is 56.2 cm³/mol. The number of phenolic OH excluding ortho intramolecular Hbond substituents is 1. The predicted octanol–water partition coefficient (Wildman–Crippen LogP) is 2.21. The molecule has 1 aromatic carbocycles. The first kappa shape index (κ1) is 9.67. The van der Waals surface area contributed by atoms with Crippen LogP contribution in [0.4, 0.5) is 0 Å². The van der Waals surface area contributed by atoms with Crippen molar-refractivity contribution in [2.24, 2.45) is 0 Å². The second-order valence-corrected chi connectivity index (χ2v) is 3.75. The first-order chi connectivity index (χ1) is 7.16. The molecule has 0 radical (unpaired) electrons. The van der Waals surface area contributed by atoms with Crippen LogP contribution in [0.3, 0.4) is 0 Å². The molecule has 0 aliphatic rings. The number of aromatic carboxylic acids is 1. The van der Waals surface area contributed by atoms with Gasteiger partial charge in [-0.3, -0.25) is 0 Å². The lowest BCUT2D eigenvalue weighted by Crippen LogP contribution is -1.95. The summed E-state index contributed by atoms with van der Waals surface area (Å²) in [5, 5.41) is 20.0. The van der Waals surface area contributed by atoms with Gasteiger partial charge in [0.1, 0.15) is 10.8 Å². The van der Waals surface area contributed by atoms with Gasteiger partial charge in [-0.25, -0.2) is 9.78 Å². The van der Waals surface area contributed by atoms with E-state index >= 15 is 0 Å². The molecule has 1 aromatic heterocycles. The third-order valence-electron chi connectivity index (χ3n) is 1.82. The zero-order valence-corrected chi connectivity index (χ0v) is 8.36. The van der Waals surface area contributed by atoms with E-state index in [1.807, 2.05) is 0 Å². The lowest BCUT2D eigenvalue weighted by Gasteiger charge is -1.96. The molecular formula is C10H7NO3S. The number of benzene rings is 1.